The first-order valence-corrected chi connectivity index (χ1v) is 14.3. The van der Waals surface area contributed by atoms with Crippen LogP contribution in [0.4, 0.5) is 11.4 Å². The Labute approximate surface area is 244 Å². The van der Waals surface area contributed by atoms with Gasteiger partial charge in [0.05, 0.1) is 24.3 Å². The van der Waals surface area contributed by atoms with E-state index in [0.717, 1.165) is 56.3 Å². The van der Waals surface area contributed by atoms with Crippen LogP contribution in [-0.2, 0) is 27.7 Å². The zero-order chi connectivity index (χ0) is 25.8. The van der Waals surface area contributed by atoms with Gasteiger partial charge in [0.1, 0.15) is 11.5 Å². The maximum absolute atomic E-state index is 10.6. The summed E-state index contributed by atoms with van der Waals surface area (Å²) in [4.78, 5) is 2.13. The molecule has 3 heterocycles. The number of benzene rings is 2. The number of aryl methyl sites for hydroxylation is 2. The quantitative estimate of drug-likeness (QED) is 0.430. The molecule has 200 valence electrons. The topological polar surface area (TPSA) is 100 Å². The van der Waals surface area contributed by atoms with Gasteiger partial charge in [-0.25, -0.2) is 8.42 Å². The summed E-state index contributed by atoms with van der Waals surface area (Å²) in [5, 5.41) is 3.36. The molecule has 0 atom stereocenters. The molecule has 3 aliphatic rings. The van der Waals surface area contributed by atoms with E-state index in [9.17, 15) is 13.0 Å². The summed E-state index contributed by atoms with van der Waals surface area (Å²) in [6.45, 7) is 4.56. The summed E-state index contributed by atoms with van der Waals surface area (Å²) in [5.41, 5.74) is 4.98. The SMILES string of the molecule is C1CCOC1.COc1ccc2c(c1)N(CCCS(=O)(=O)[O-])CCC2.COc1ccc2c(c1)NCCC2.[Na+]. The van der Waals surface area contributed by atoms with Gasteiger partial charge in [0.25, 0.3) is 0 Å². The van der Waals surface area contributed by atoms with Crippen molar-refractivity contribution in [3.05, 3.63) is 47.5 Å². The minimum atomic E-state index is -4.12. The Hall–Kier alpha value is -1.49. The zero-order valence-corrected chi connectivity index (χ0v) is 25.3. The van der Waals surface area contributed by atoms with Crippen molar-refractivity contribution in [2.45, 2.75) is 44.9 Å². The number of fused-ring (bicyclic) bond motifs is 2. The van der Waals surface area contributed by atoms with Crippen LogP contribution in [0.25, 0.3) is 0 Å². The molecule has 0 bridgehead atoms. The molecule has 1 fully saturated rings. The van der Waals surface area contributed by atoms with Crippen LogP contribution in [0.5, 0.6) is 11.5 Å². The Morgan fingerprint density at radius 2 is 1.59 bits per heavy atom. The normalized spacial score (nSPS) is 15.8. The van der Waals surface area contributed by atoms with Crippen molar-refractivity contribution in [1.29, 1.82) is 0 Å². The Kier molecular flexibility index (Phi) is 14.1. The fraction of sp³-hybridized carbons (Fsp3) is 0.556. The molecule has 0 spiro atoms. The first-order chi connectivity index (χ1) is 17.4. The fourth-order valence-corrected chi connectivity index (χ4v) is 4.98. The van der Waals surface area contributed by atoms with E-state index < -0.39 is 10.1 Å². The molecule has 0 aromatic heterocycles. The van der Waals surface area contributed by atoms with E-state index in [4.69, 9.17) is 14.2 Å². The van der Waals surface area contributed by atoms with Crippen molar-refractivity contribution >= 4 is 21.5 Å². The Balaban J connectivity index is 0.000000226. The zero-order valence-electron chi connectivity index (χ0n) is 22.5. The van der Waals surface area contributed by atoms with Crippen LogP contribution in [0.2, 0.25) is 0 Å². The van der Waals surface area contributed by atoms with E-state index >= 15 is 0 Å². The molecular weight excluding hydrogens is 503 g/mol. The fourth-order valence-electron chi connectivity index (χ4n) is 4.50. The van der Waals surface area contributed by atoms with Gasteiger partial charge >= 0.3 is 29.6 Å². The van der Waals surface area contributed by atoms with E-state index in [2.05, 4.69) is 22.3 Å². The number of nitrogens with zero attached hydrogens (tertiary/aromatic N) is 1. The molecule has 1 saturated heterocycles. The maximum Gasteiger partial charge on any atom is 1.00 e. The minimum Gasteiger partial charge on any atom is -0.748 e. The first kappa shape index (κ1) is 31.7. The third-order valence-corrected chi connectivity index (χ3v) is 7.20. The van der Waals surface area contributed by atoms with Crippen molar-refractivity contribution in [1.82, 2.24) is 0 Å². The standard InChI is InChI=1S/C13H19NO4S.C10H13NO.C4H8O.Na/c1-18-12-6-5-11-4-2-7-14(13(11)10-12)8-3-9-19(15,16)17;1-12-9-5-4-8-3-2-6-11-10(8)7-9;1-2-4-5-3-1;/h5-6,10H,2-4,7-9H2,1H3,(H,15,16,17);4-5,7,11H,2-3,6H2,1H3;1-4H2;/q;;;+1/p-1. The smallest absolute Gasteiger partial charge is 0.748 e. The van der Waals surface area contributed by atoms with E-state index in [1.54, 1.807) is 14.2 Å². The van der Waals surface area contributed by atoms with E-state index in [1.165, 1.54) is 42.5 Å². The van der Waals surface area contributed by atoms with E-state index in [1.807, 2.05) is 24.3 Å². The van der Waals surface area contributed by atoms with Gasteiger partial charge in [-0.1, -0.05) is 12.1 Å². The summed E-state index contributed by atoms with van der Waals surface area (Å²) in [7, 11) is -0.794. The van der Waals surface area contributed by atoms with E-state index in [-0.39, 0.29) is 35.3 Å². The van der Waals surface area contributed by atoms with Gasteiger partial charge < -0.3 is 29.0 Å². The number of methoxy groups -OCH3 is 2. The van der Waals surface area contributed by atoms with Crippen LogP contribution in [0, 0.1) is 0 Å². The van der Waals surface area contributed by atoms with E-state index in [0.29, 0.717) is 13.0 Å². The van der Waals surface area contributed by atoms with Crippen LogP contribution in [0.3, 0.4) is 0 Å². The maximum atomic E-state index is 10.6. The monoisotopic (exact) mass is 542 g/mol. The molecule has 2 aromatic carbocycles. The third kappa shape index (κ3) is 11.0. The predicted octanol–water partition coefficient (Wildman–Crippen LogP) is 1.24. The Morgan fingerprint density at radius 3 is 2.22 bits per heavy atom. The molecule has 37 heavy (non-hydrogen) atoms. The number of anilines is 2. The van der Waals surface area contributed by atoms with Crippen LogP contribution >= 0.6 is 0 Å². The van der Waals surface area contributed by atoms with Crippen molar-refractivity contribution in [3.63, 3.8) is 0 Å². The molecule has 0 unspecified atom stereocenters. The molecule has 3 aliphatic heterocycles. The second-order valence-electron chi connectivity index (χ2n) is 9.07. The molecule has 0 saturated carbocycles. The third-order valence-electron chi connectivity index (χ3n) is 6.41. The Morgan fingerprint density at radius 1 is 0.946 bits per heavy atom. The van der Waals surface area contributed by atoms with Crippen molar-refractivity contribution in [2.75, 3.05) is 63.0 Å². The summed E-state index contributed by atoms with van der Waals surface area (Å²) in [5.74, 6) is 1.42. The van der Waals surface area contributed by atoms with Crippen LogP contribution in [-0.4, -0.2) is 65.8 Å². The van der Waals surface area contributed by atoms with Crippen molar-refractivity contribution < 1.29 is 56.7 Å². The molecule has 8 nitrogen and oxygen atoms in total. The van der Waals surface area contributed by atoms with Crippen LogP contribution < -0.4 is 49.2 Å². The Bertz CT molecular complexity index is 1060. The molecule has 10 heteroatoms. The van der Waals surface area contributed by atoms with Gasteiger partial charge in [-0.15, -0.1) is 0 Å². The largest absolute Gasteiger partial charge is 1.00 e. The summed E-state index contributed by atoms with van der Waals surface area (Å²) < 4.78 is 47.2. The molecule has 0 radical (unpaired) electrons. The number of nitrogens with one attached hydrogen (secondary N) is 1. The number of hydrogen-bond acceptors (Lipinski definition) is 8. The van der Waals surface area contributed by atoms with Crippen LogP contribution in [0.1, 0.15) is 43.2 Å². The van der Waals surface area contributed by atoms with Gasteiger partial charge in [-0.2, -0.15) is 0 Å². The van der Waals surface area contributed by atoms with Crippen LogP contribution in [0.15, 0.2) is 36.4 Å². The van der Waals surface area contributed by atoms with Crippen molar-refractivity contribution in [3.8, 4) is 11.5 Å². The molecule has 5 rings (SSSR count). The van der Waals surface area contributed by atoms with Crippen molar-refractivity contribution in [2.24, 2.45) is 0 Å². The van der Waals surface area contributed by atoms with Gasteiger partial charge in [0.2, 0.25) is 0 Å². The second kappa shape index (κ2) is 16.5. The second-order valence-corrected chi connectivity index (χ2v) is 10.6. The van der Waals surface area contributed by atoms with Gasteiger partial charge in [-0.05, 0) is 68.2 Å². The molecule has 0 aliphatic carbocycles. The number of rotatable bonds is 6. The molecule has 0 amide bonds. The average molecular weight is 543 g/mol. The number of hydrogen-bond donors (Lipinski definition) is 1. The molecule has 2 aromatic rings. The van der Waals surface area contributed by atoms with Gasteiger partial charge in [0, 0.05) is 62.1 Å². The predicted molar refractivity (Wildman–Crippen MR) is 143 cm³/mol. The minimum absolute atomic E-state index is 0. The first-order valence-electron chi connectivity index (χ1n) is 12.7. The number of ether oxygens (including phenoxy) is 3. The summed E-state index contributed by atoms with van der Waals surface area (Å²) in [6, 6.07) is 12.2. The van der Waals surface area contributed by atoms with Gasteiger partial charge in [-0.3, -0.25) is 0 Å². The summed E-state index contributed by atoms with van der Waals surface area (Å²) in [6.07, 6.45) is 7.41. The average Bonchev–Trinajstić information content (AvgIpc) is 3.48. The van der Waals surface area contributed by atoms with Gasteiger partial charge in [0.15, 0.2) is 0 Å². The molecular formula is C27H39N2NaO6S. The molecule has 1 N–H and O–H groups in total. The summed E-state index contributed by atoms with van der Waals surface area (Å²) >= 11 is 0.